The Labute approximate surface area is 200 Å². The van der Waals surface area contributed by atoms with E-state index < -0.39 is 17.4 Å². The summed E-state index contributed by atoms with van der Waals surface area (Å²) in [4.78, 5) is 31.4. The lowest BCUT2D eigenvalue weighted by Crippen LogP contribution is -2.30. The maximum Gasteiger partial charge on any atom is 0.329 e. The molecule has 4 aromatic rings. The number of hydrogen-bond acceptors (Lipinski definition) is 8. The number of hydrogen-bond donors (Lipinski definition) is 3. The molecule has 35 heavy (non-hydrogen) atoms. The van der Waals surface area contributed by atoms with Crippen molar-refractivity contribution in [1.29, 1.82) is 0 Å². The number of aromatic amines is 1. The molecule has 3 N–H and O–H groups in total. The number of imidazole rings is 1. The molecule has 2 heterocycles. The first-order valence-electron chi connectivity index (χ1n) is 10.9. The number of aliphatic hydroxyl groups is 1. The monoisotopic (exact) mass is 478 g/mol. The van der Waals surface area contributed by atoms with Gasteiger partial charge in [0, 0.05) is 7.05 Å². The number of anilines is 1. The van der Waals surface area contributed by atoms with Gasteiger partial charge in [0.1, 0.15) is 24.2 Å². The molecule has 0 radical (unpaired) electrons. The van der Waals surface area contributed by atoms with Gasteiger partial charge in [-0.2, -0.15) is 10.1 Å². The summed E-state index contributed by atoms with van der Waals surface area (Å²) in [5.74, 6) is 1.45. The van der Waals surface area contributed by atoms with Crippen LogP contribution in [0, 0.1) is 0 Å². The van der Waals surface area contributed by atoms with Gasteiger partial charge in [-0.05, 0) is 36.8 Å². The summed E-state index contributed by atoms with van der Waals surface area (Å²) in [5.41, 5.74) is 3.55. The summed E-state index contributed by atoms with van der Waals surface area (Å²) in [6, 6.07) is 16.5. The van der Waals surface area contributed by atoms with Crippen LogP contribution >= 0.6 is 0 Å². The smallest absolute Gasteiger partial charge is 0.329 e. The van der Waals surface area contributed by atoms with E-state index in [1.807, 2.05) is 37.3 Å². The van der Waals surface area contributed by atoms with Gasteiger partial charge in [0.15, 0.2) is 11.2 Å². The minimum absolute atomic E-state index is 0.0316. The number of nitrogens with one attached hydrogen (secondary N) is 2. The maximum atomic E-state index is 12.6. The average molecular weight is 479 g/mol. The molecule has 0 fully saturated rings. The predicted octanol–water partition coefficient (Wildman–Crippen LogP) is 1.71. The molecule has 0 saturated carbocycles. The van der Waals surface area contributed by atoms with Crippen LogP contribution in [0.4, 0.5) is 5.95 Å². The molecule has 0 aliphatic heterocycles. The van der Waals surface area contributed by atoms with Gasteiger partial charge in [0.2, 0.25) is 5.95 Å². The van der Waals surface area contributed by atoms with Crippen molar-refractivity contribution in [1.82, 2.24) is 19.1 Å². The third-order valence-corrected chi connectivity index (χ3v) is 5.42. The molecular weight excluding hydrogens is 452 g/mol. The molecule has 2 aromatic carbocycles. The normalized spacial score (nSPS) is 12.5. The lowest BCUT2D eigenvalue weighted by atomic mass is 10.1. The van der Waals surface area contributed by atoms with E-state index in [1.165, 1.54) is 16.2 Å². The van der Waals surface area contributed by atoms with E-state index in [1.54, 1.807) is 31.4 Å². The molecular formula is C24H26N6O5. The lowest BCUT2D eigenvalue weighted by molar-refractivity contribution is 0.0938. The summed E-state index contributed by atoms with van der Waals surface area (Å²) < 4.78 is 13.5. The average Bonchev–Trinajstić information content (AvgIpc) is 3.24. The Morgan fingerprint density at radius 1 is 1.14 bits per heavy atom. The van der Waals surface area contributed by atoms with Crippen LogP contribution in [-0.2, 0) is 13.6 Å². The van der Waals surface area contributed by atoms with Gasteiger partial charge >= 0.3 is 5.69 Å². The summed E-state index contributed by atoms with van der Waals surface area (Å²) >= 11 is 0. The number of hydrazone groups is 1. The second-order valence-corrected chi connectivity index (χ2v) is 7.85. The zero-order valence-electron chi connectivity index (χ0n) is 19.6. The van der Waals surface area contributed by atoms with Crippen LogP contribution in [0.15, 0.2) is 69.3 Å². The fourth-order valence-corrected chi connectivity index (χ4v) is 3.50. The molecule has 11 heteroatoms. The van der Waals surface area contributed by atoms with E-state index in [2.05, 4.69) is 20.5 Å². The third-order valence-electron chi connectivity index (χ3n) is 5.42. The van der Waals surface area contributed by atoms with Crippen molar-refractivity contribution in [3.05, 3.63) is 81.0 Å². The second-order valence-electron chi connectivity index (χ2n) is 7.85. The molecule has 4 rings (SSSR count). The van der Waals surface area contributed by atoms with Gasteiger partial charge in [-0.15, -0.1) is 0 Å². The first kappa shape index (κ1) is 23.8. The fraction of sp³-hybridized carbons (Fsp3) is 0.250. The largest absolute Gasteiger partial charge is 0.497 e. The van der Waals surface area contributed by atoms with Crippen molar-refractivity contribution in [2.45, 2.75) is 19.6 Å². The molecule has 1 atom stereocenters. The third kappa shape index (κ3) is 5.25. The maximum absolute atomic E-state index is 12.6. The van der Waals surface area contributed by atoms with Crippen LogP contribution in [0.25, 0.3) is 11.2 Å². The van der Waals surface area contributed by atoms with Gasteiger partial charge in [-0.25, -0.2) is 10.2 Å². The van der Waals surface area contributed by atoms with E-state index in [0.29, 0.717) is 17.2 Å². The number of aliphatic hydroxyl groups excluding tert-OH is 1. The second kappa shape index (κ2) is 10.3. The highest BCUT2D eigenvalue weighted by molar-refractivity contribution is 5.99. The van der Waals surface area contributed by atoms with Crippen molar-refractivity contribution < 1.29 is 14.6 Å². The van der Waals surface area contributed by atoms with Gasteiger partial charge in [-0.1, -0.05) is 30.3 Å². The highest BCUT2D eigenvalue weighted by Gasteiger charge is 2.20. The van der Waals surface area contributed by atoms with E-state index in [-0.39, 0.29) is 30.3 Å². The number of ether oxygens (including phenoxy) is 2. The molecule has 0 spiro atoms. The molecule has 0 saturated heterocycles. The van der Waals surface area contributed by atoms with Crippen LogP contribution in [0.5, 0.6) is 11.5 Å². The lowest BCUT2D eigenvalue weighted by Gasteiger charge is -2.15. The quantitative estimate of drug-likeness (QED) is 0.246. The number of H-pyrrole nitrogens is 1. The zero-order valence-corrected chi connectivity index (χ0v) is 19.6. The Hall–Kier alpha value is -4.38. The van der Waals surface area contributed by atoms with Crippen molar-refractivity contribution in [2.75, 3.05) is 19.1 Å². The van der Waals surface area contributed by atoms with Crippen LogP contribution in [0.2, 0.25) is 0 Å². The number of aryl methyl sites for hydroxylation is 1. The molecule has 0 aliphatic rings. The minimum atomic E-state index is -0.995. The fourth-order valence-electron chi connectivity index (χ4n) is 3.50. The number of benzene rings is 2. The van der Waals surface area contributed by atoms with Crippen molar-refractivity contribution in [3.8, 4) is 11.5 Å². The number of methoxy groups -OCH3 is 1. The van der Waals surface area contributed by atoms with Crippen LogP contribution in [-0.4, -0.2) is 49.7 Å². The van der Waals surface area contributed by atoms with Crippen LogP contribution < -0.4 is 26.1 Å². The van der Waals surface area contributed by atoms with E-state index in [9.17, 15) is 14.7 Å². The first-order chi connectivity index (χ1) is 16.9. The van der Waals surface area contributed by atoms with Gasteiger partial charge in [0.05, 0.1) is 19.4 Å². The van der Waals surface area contributed by atoms with Crippen molar-refractivity contribution in [2.24, 2.45) is 12.1 Å². The Bertz CT molecular complexity index is 1450. The Kier molecular flexibility index (Phi) is 6.97. The Morgan fingerprint density at radius 3 is 2.51 bits per heavy atom. The van der Waals surface area contributed by atoms with E-state index in [4.69, 9.17) is 9.47 Å². The standard InChI is InChI=1S/C24H26N6O5/c1-15(16-7-5-4-6-8-16)27-28-23-25-21-20(22(32)26-24(33)29(21)2)30(23)13-17(31)14-35-19-11-9-18(34-3)10-12-19/h4-12,17,31H,13-14H2,1-3H3,(H,25,28)(H,26,32,33)/b27-15+/t17-/m1/s1. The van der Waals surface area contributed by atoms with Crippen molar-refractivity contribution >= 4 is 22.8 Å². The SMILES string of the molecule is COc1ccc(OC[C@H](O)Cn2c(N/N=C(\C)c3ccccc3)nc3c2c(=O)[nH]c(=O)n3C)cc1. The van der Waals surface area contributed by atoms with Gasteiger partial charge in [0.25, 0.3) is 5.56 Å². The predicted molar refractivity (Wildman–Crippen MR) is 132 cm³/mol. The van der Waals surface area contributed by atoms with Crippen molar-refractivity contribution in [3.63, 3.8) is 0 Å². The molecule has 182 valence electrons. The first-order valence-corrected chi connectivity index (χ1v) is 10.9. The van der Waals surface area contributed by atoms with Gasteiger partial charge < -0.3 is 19.1 Å². The molecule has 0 aliphatic carbocycles. The summed E-state index contributed by atoms with van der Waals surface area (Å²) in [6.45, 7) is 1.76. The summed E-state index contributed by atoms with van der Waals surface area (Å²) in [7, 11) is 3.08. The Balaban J connectivity index is 1.62. The molecule has 11 nitrogen and oxygen atoms in total. The number of rotatable bonds is 9. The van der Waals surface area contributed by atoms with Crippen LogP contribution in [0.1, 0.15) is 12.5 Å². The Morgan fingerprint density at radius 2 is 1.83 bits per heavy atom. The van der Waals surface area contributed by atoms with E-state index in [0.717, 1.165) is 5.56 Å². The highest BCUT2D eigenvalue weighted by atomic mass is 16.5. The minimum Gasteiger partial charge on any atom is -0.497 e. The number of fused-ring (bicyclic) bond motifs is 1. The summed E-state index contributed by atoms with van der Waals surface area (Å²) in [6.07, 6.45) is -0.995. The number of nitrogens with zero attached hydrogens (tertiary/aromatic N) is 4. The van der Waals surface area contributed by atoms with E-state index >= 15 is 0 Å². The summed E-state index contributed by atoms with van der Waals surface area (Å²) in [5, 5.41) is 15.1. The molecule has 0 amide bonds. The zero-order chi connectivity index (χ0) is 24.9. The molecule has 0 unspecified atom stereocenters. The highest BCUT2D eigenvalue weighted by Crippen LogP contribution is 2.19. The van der Waals surface area contributed by atoms with Crippen LogP contribution in [0.3, 0.4) is 0 Å². The van der Waals surface area contributed by atoms with Gasteiger partial charge in [-0.3, -0.25) is 14.3 Å². The topological polar surface area (TPSA) is 136 Å². The molecule has 2 aromatic heterocycles. The number of aromatic nitrogens is 4. The molecule has 0 bridgehead atoms.